The van der Waals surface area contributed by atoms with Gasteiger partial charge in [-0.3, -0.25) is 9.58 Å². The summed E-state index contributed by atoms with van der Waals surface area (Å²) in [7, 11) is 1.90. The second-order valence-corrected chi connectivity index (χ2v) is 6.56. The number of rotatable bonds is 4. The largest absolute Gasteiger partial charge is 0.354 e. The van der Waals surface area contributed by atoms with Crippen LogP contribution in [0.25, 0.3) is 0 Å². The van der Waals surface area contributed by atoms with E-state index in [9.17, 15) is 0 Å². The molecule has 2 saturated heterocycles. The van der Waals surface area contributed by atoms with Gasteiger partial charge in [0.1, 0.15) is 5.82 Å². The Hall–Kier alpha value is -2.22. The molecule has 2 aromatic heterocycles. The van der Waals surface area contributed by atoms with Crippen LogP contribution in [0.2, 0.25) is 0 Å². The zero-order valence-corrected chi connectivity index (χ0v) is 14.2. The van der Waals surface area contributed by atoms with E-state index in [-0.39, 0.29) is 0 Å². The van der Waals surface area contributed by atoms with Gasteiger partial charge >= 0.3 is 0 Å². The average Bonchev–Trinajstić information content (AvgIpc) is 3.28. The SMILES string of the molecule is Cn1cc(CN2CCN(c3ccnc(N4CCCC4)n3)CC2)nn1. The van der Waals surface area contributed by atoms with Gasteiger partial charge in [-0.05, 0) is 18.9 Å². The van der Waals surface area contributed by atoms with Crippen molar-refractivity contribution in [3.8, 4) is 0 Å². The molecule has 2 aliphatic rings. The highest BCUT2D eigenvalue weighted by atomic mass is 15.4. The molecule has 4 rings (SSSR count). The van der Waals surface area contributed by atoms with E-state index < -0.39 is 0 Å². The highest BCUT2D eigenvalue weighted by Crippen LogP contribution is 2.20. The van der Waals surface area contributed by atoms with Crippen LogP contribution in [0.15, 0.2) is 18.5 Å². The Morgan fingerprint density at radius 1 is 1.00 bits per heavy atom. The molecular weight excluding hydrogens is 304 g/mol. The smallest absolute Gasteiger partial charge is 0.227 e. The number of piperazine rings is 1. The lowest BCUT2D eigenvalue weighted by atomic mass is 10.3. The first-order valence-corrected chi connectivity index (χ1v) is 8.68. The van der Waals surface area contributed by atoms with Crippen LogP contribution in [0.5, 0.6) is 0 Å². The molecule has 0 N–H and O–H groups in total. The minimum Gasteiger partial charge on any atom is -0.354 e. The van der Waals surface area contributed by atoms with Crippen molar-refractivity contribution in [2.75, 3.05) is 49.1 Å². The topological polar surface area (TPSA) is 66.2 Å². The third kappa shape index (κ3) is 3.33. The van der Waals surface area contributed by atoms with E-state index in [0.717, 1.165) is 63.3 Å². The van der Waals surface area contributed by atoms with Crippen LogP contribution < -0.4 is 9.80 Å². The first-order valence-electron chi connectivity index (χ1n) is 8.68. The summed E-state index contributed by atoms with van der Waals surface area (Å²) >= 11 is 0. The Morgan fingerprint density at radius 2 is 1.79 bits per heavy atom. The Morgan fingerprint density at radius 3 is 2.50 bits per heavy atom. The average molecular weight is 328 g/mol. The van der Waals surface area contributed by atoms with Crippen LogP contribution in [0.1, 0.15) is 18.5 Å². The van der Waals surface area contributed by atoms with E-state index in [1.165, 1.54) is 12.8 Å². The summed E-state index contributed by atoms with van der Waals surface area (Å²) in [6, 6.07) is 2.03. The van der Waals surface area contributed by atoms with Gasteiger partial charge in [0.05, 0.1) is 5.69 Å². The normalized spacial score (nSPS) is 19.2. The lowest BCUT2D eigenvalue weighted by molar-refractivity contribution is 0.246. The van der Waals surface area contributed by atoms with Gasteiger partial charge in [0.25, 0.3) is 0 Å². The predicted molar refractivity (Wildman–Crippen MR) is 92.0 cm³/mol. The van der Waals surface area contributed by atoms with Gasteiger partial charge in [-0.25, -0.2) is 4.98 Å². The van der Waals surface area contributed by atoms with E-state index in [2.05, 4.69) is 30.0 Å². The van der Waals surface area contributed by atoms with Crippen LogP contribution >= 0.6 is 0 Å². The predicted octanol–water partition coefficient (Wildman–Crippen LogP) is 0.528. The summed E-state index contributed by atoms with van der Waals surface area (Å²) in [5.41, 5.74) is 1.03. The van der Waals surface area contributed by atoms with Crippen LogP contribution in [-0.4, -0.2) is 69.1 Å². The van der Waals surface area contributed by atoms with Crippen molar-refractivity contribution >= 4 is 11.8 Å². The molecule has 0 unspecified atom stereocenters. The summed E-state index contributed by atoms with van der Waals surface area (Å²) < 4.78 is 1.76. The van der Waals surface area contributed by atoms with Crippen molar-refractivity contribution in [3.63, 3.8) is 0 Å². The Labute approximate surface area is 142 Å². The molecule has 0 aliphatic carbocycles. The second kappa shape index (κ2) is 6.72. The summed E-state index contributed by atoms with van der Waals surface area (Å²) in [6.07, 6.45) is 6.37. The molecule has 24 heavy (non-hydrogen) atoms. The fourth-order valence-electron chi connectivity index (χ4n) is 3.42. The lowest BCUT2D eigenvalue weighted by Gasteiger charge is -2.35. The molecule has 0 radical (unpaired) electrons. The van der Waals surface area contributed by atoms with Crippen LogP contribution in [0, 0.1) is 0 Å². The molecule has 0 spiro atoms. The Bertz CT molecular complexity index is 670. The van der Waals surface area contributed by atoms with E-state index in [0.29, 0.717) is 0 Å². The zero-order valence-electron chi connectivity index (χ0n) is 14.2. The molecule has 8 heteroatoms. The maximum Gasteiger partial charge on any atom is 0.227 e. The third-order valence-corrected chi connectivity index (χ3v) is 4.75. The first-order chi connectivity index (χ1) is 11.8. The minimum atomic E-state index is 0.866. The monoisotopic (exact) mass is 328 g/mol. The first kappa shape index (κ1) is 15.3. The molecule has 0 atom stereocenters. The van der Waals surface area contributed by atoms with Gasteiger partial charge in [-0.1, -0.05) is 5.21 Å². The van der Waals surface area contributed by atoms with E-state index in [1.54, 1.807) is 4.68 Å². The molecule has 8 nitrogen and oxygen atoms in total. The molecule has 4 heterocycles. The van der Waals surface area contributed by atoms with Gasteiger partial charge in [0.15, 0.2) is 0 Å². The third-order valence-electron chi connectivity index (χ3n) is 4.75. The van der Waals surface area contributed by atoms with Crippen molar-refractivity contribution in [2.24, 2.45) is 7.05 Å². The quantitative estimate of drug-likeness (QED) is 0.811. The van der Waals surface area contributed by atoms with Gasteiger partial charge in [-0.2, -0.15) is 4.98 Å². The van der Waals surface area contributed by atoms with Crippen molar-refractivity contribution in [3.05, 3.63) is 24.2 Å². The lowest BCUT2D eigenvalue weighted by Crippen LogP contribution is -2.46. The van der Waals surface area contributed by atoms with Crippen molar-refractivity contribution < 1.29 is 0 Å². The van der Waals surface area contributed by atoms with Crippen LogP contribution in [0.4, 0.5) is 11.8 Å². The highest BCUT2D eigenvalue weighted by Gasteiger charge is 2.21. The summed E-state index contributed by atoms with van der Waals surface area (Å²) in [6.45, 7) is 7.02. The molecule has 2 aliphatic heterocycles. The van der Waals surface area contributed by atoms with Crippen molar-refractivity contribution in [1.29, 1.82) is 0 Å². The minimum absolute atomic E-state index is 0.866. The van der Waals surface area contributed by atoms with E-state index >= 15 is 0 Å². The number of hydrogen-bond acceptors (Lipinski definition) is 7. The summed E-state index contributed by atoms with van der Waals surface area (Å²) in [4.78, 5) is 16.3. The molecule has 2 fully saturated rings. The zero-order chi connectivity index (χ0) is 16.4. The van der Waals surface area contributed by atoms with Gasteiger partial charge in [-0.15, -0.1) is 5.10 Å². The Balaban J connectivity index is 1.36. The second-order valence-electron chi connectivity index (χ2n) is 6.56. The number of nitrogens with zero attached hydrogens (tertiary/aromatic N) is 8. The van der Waals surface area contributed by atoms with Gasteiger partial charge in [0, 0.05) is 65.3 Å². The molecule has 128 valence electrons. The number of hydrogen-bond donors (Lipinski definition) is 0. The molecule has 0 amide bonds. The number of aryl methyl sites for hydroxylation is 1. The number of anilines is 2. The summed E-state index contributed by atoms with van der Waals surface area (Å²) in [5, 5.41) is 8.17. The molecule has 0 aromatic carbocycles. The summed E-state index contributed by atoms with van der Waals surface area (Å²) in [5.74, 6) is 1.93. The fourth-order valence-corrected chi connectivity index (χ4v) is 3.42. The Kier molecular flexibility index (Phi) is 4.29. The molecule has 2 aromatic rings. The van der Waals surface area contributed by atoms with Gasteiger partial charge in [0.2, 0.25) is 5.95 Å². The van der Waals surface area contributed by atoms with Crippen molar-refractivity contribution in [2.45, 2.75) is 19.4 Å². The van der Waals surface area contributed by atoms with E-state index in [4.69, 9.17) is 4.98 Å². The molecule has 0 saturated carbocycles. The van der Waals surface area contributed by atoms with Crippen molar-refractivity contribution in [1.82, 2.24) is 29.9 Å². The van der Waals surface area contributed by atoms with E-state index in [1.807, 2.05) is 25.5 Å². The standard InChI is InChI=1S/C16H24N8/c1-21-12-14(19-20-21)13-22-8-10-23(11-9-22)15-4-5-17-16(18-15)24-6-2-3-7-24/h4-5,12H,2-3,6-11,13H2,1H3. The van der Waals surface area contributed by atoms with Gasteiger partial charge < -0.3 is 9.80 Å². The fraction of sp³-hybridized carbons (Fsp3) is 0.625. The maximum absolute atomic E-state index is 4.79. The van der Waals surface area contributed by atoms with Crippen LogP contribution in [-0.2, 0) is 13.6 Å². The highest BCUT2D eigenvalue weighted by molar-refractivity contribution is 5.44. The molecule has 0 bridgehead atoms. The number of aromatic nitrogens is 5. The van der Waals surface area contributed by atoms with Crippen LogP contribution in [0.3, 0.4) is 0 Å². The molecular formula is C16H24N8. The maximum atomic E-state index is 4.79.